The number of hydrogen-bond donors (Lipinski definition) is 3. The van der Waals surface area contributed by atoms with Gasteiger partial charge in [-0.25, -0.2) is 9.37 Å². The molecule has 23 heavy (non-hydrogen) atoms. The number of phenolic OH excluding ortho intramolecular Hbond substituents is 1. The number of thiazole rings is 1. The molecule has 3 aromatic rings. The number of anilines is 2. The molecule has 3 rings (SSSR count). The van der Waals surface area contributed by atoms with Crippen LogP contribution in [0.1, 0.15) is 10.6 Å². The number of fused-ring (bicyclic) bond motifs is 1. The van der Waals surface area contributed by atoms with E-state index in [9.17, 15) is 9.50 Å². The van der Waals surface area contributed by atoms with Gasteiger partial charge >= 0.3 is 0 Å². The molecular formula is C17H14FN3OS. The Hall–Kier alpha value is -2.78. The first-order chi connectivity index (χ1) is 11.0. The summed E-state index contributed by atoms with van der Waals surface area (Å²) in [6, 6.07) is 7.92. The van der Waals surface area contributed by atoms with E-state index in [4.69, 9.17) is 5.73 Å². The SMILES string of the molecule is Cc1nc2c(O)cc(C#CCNc3ccc(N)cc3F)cc2s1. The minimum absolute atomic E-state index is 0.119. The molecule has 0 bridgehead atoms. The van der Waals surface area contributed by atoms with Gasteiger partial charge in [0.2, 0.25) is 0 Å². The van der Waals surface area contributed by atoms with Gasteiger partial charge in [0, 0.05) is 11.3 Å². The third-order valence-corrected chi connectivity index (χ3v) is 4.09. The van der Waals surface area contributed by atoms with E-state index in [2.05, 4.69) is 22.1 Å². The van der Waals surface area contributed by atoms with Gasteiger partial charge in [0.1, 0.15) is 17.1 Å². The number of nitrogens with zero attached hydrogens (tertiary/aromatic N) is 1. The highest BCUT2D eigenvalue weighted by Crippen LogP contribution is 2.30. The number of aromatic nitrogens is 1. The molecule has 0 aliphatic heterocycles. The van der Waals surface area contributed by atoms with Crippen molar-refractivity contribution < 1.29 is 9.50 Å². The van der Waals surface area contributed by atoms with Crippen LogP contribution in [0, 0.1) is 24.6 Å². The molecule has 0 fully saturated rings. The molecule has 0 aliphatic carbocycles. The third-order valence-electron chi connectivity index (χ3n) is 3.17. The van der Waals surface area contributed by atoms with Gasteiger partial charge in [-0.2, -0.15) is 0 Å². The van der Waals surface area contributed by atoms with Crippen molar-refractivity contribution in [1.29, 1.82) is 0 Å². The third kappa shape index (κ3) is 3.35. The molecule has 1 heterocycles. The smallest absolute Gasteiger partial charge is 0.148 e. The zero-order chi connectivity index (χ0) is 16.4. The van der Waals surface area contributed by atoms with Crippen molar-refractivity contribution >= 4 is 32.9 Å². The summed E-state index contributed by atoms with van der Waals surface area (Å²) in [5, 5.41) is 13.7. The highest BCUT2D eigenvalue weighted by molar-refractivity contribution is 7.18. The molecular weight excluding hydrogens is 313 g/mol. The molecule has 0 saturated heterocycles. The summed E-state index contributed by atoms with van der Waals surface area (Å²) < 4.78 is 14.5. The van der Waals surface area contributed by atoms with E-state index in [1.807, 2.05) is 13.0 Å². The fourth-order valence-corrected chi connectivity index (χ4v) is 3.04. The molecule has 2 aromatic carbocycles. The molecule has 0 spiro atoms. The Kier molecular flexibility index (Phi) is 4.04. The van der Waals surface area contributed by atoms with Crippen LogP contribution in [0.15, 0.2) is 30.3 Å². The Morgan fingerprint density at radius 2 is 2.17 bits per heavy atom. The van der Waals surface area contributed by atoms with Gasteiger partial charge in [0.05, 0.1) is 21.9 Å². The molecule has 116 valence electrons. The maximum absolute atomic E-state index is 13.6. The van der Waals surface area contributed by atoms with Gasteiger partial charge in [-0.1, -0.05) is 11.8 Å². The first kappa shape index (κ1) is 15.1. The standard InChI is InChI=1S/C17H14FN3OS/c1-10-21-17-15(22)7-11(8-16(17)23-10)3-2-6-20-14-5-4-12(19)9-13(14)18/h4-5,7-9,20,22H,6,19H2,1H3. The Morgan fingerprint density at radius 1 is 1.35 bits per heavy atom. The van der Waals surface area contributed by atoms with Crippen molar-refractivity contribution in [2.24, 2.45) is 0 Å². The average molecular weight is 327 g/mol. The molecule has 0 unspecified atom stereocenters. The second kappa shape index (κ2) is 6.15. The van der Waals surface area contributed by atoms with E-state index in [1.165, 1.54) is 17.4 Å². The van der Waals surface area contributed by atoms with E-state index in [-0.39, 0.29) is 12.3 Å². The van der Waals surface area contributed by atoms with Crippen molar-refractivity contribution in [3.05, 3.63) is 46.7 Å². The molecule has 0 amide bonds. The van der Waals surface area contributed by atoms with E-state index in [0.29, 0.717) is 22.5 Å². The number of nitrogen functional groups attached to an aromatic ring is 1. The summed E-state index contributed by atoms with van der Waals surface area (Å²) in [5.74, 6) is 5.56. The van der Waals surface area contributed by atoms with Crippen LogP contribution in [0.2, 0.25) is 0 Å². The summed E-state index contributed by atoms with van der Waals surface area (Å²) in [4.78, 5) is 4.26. The van der Waals surface area contributed by atoms with E-state index < -0.39 is 5.82 Å². The molecule has 4 nitrogen and oxygen atoms in total. The average Bonchev–Trinajstić information content (AvgIpc) is 2.86. The first-order valence-corrected chi connectivity index (χ1v) is 7.72. The largest absolute Gasteiger partial charge is 0.506 e. The number of nitrogens with two attached hydrogens (primary N) is 1. The predicted molar refractivity (Wildman–Crippen MR) is 92.2 cm³/mol. The van der Waals surface area contributed by atoms with Crippen molar-refractivity contribution in [3.8, 4) is 17.6 Å². The molecule has 1 aromatic heterocycles. The lowest BCUT2D eigenvalue weighted by molar-refractivity contribution is 0.480. The second-order valence-corrected chi connectivity index (χ2v) is 6.20. The minimum atomic E-state index is -0.411. The number of hydrogen-bond acceptors (Lipinski definition) is 5. The quantitative estimate of drug-likeness (QED) is 0.498. The summed E-state index contributed by atoms with van der Waals surface area (Å²) in [5.41, 5.74) is 7.52. The normalized spacial score (nSPS) is 10.3. The fourth-order valence-electron chi connectivity index (χ4n) is 2.16. The molecule has 0 atom stereocenters. The van der Waals surface area contributed by atoms with E-state index in [0.717, 1.165) is 9.71 Å². The summed E-state index contributed by atoms with van der Waals surface area (Å²) >= 11 is 1.50. The number of phenols is 1. The number of nitrogens with one attached hydrogen (secondary N) is 1. The lowest BCUT2D eigenvalue weighted by Crippen LogP contribution is -2.01. The van der Waals surface area contributed by atoms with E-state index in [1.54, 1.807) is 18.2 Å². The van der Waals surface area contributed by atoms with Crippen LogP contribution < -0.4 is 11.1 Å². The van der Waals surface area contributed by atoms with Crippen molar-refractivity contribution in [2.45, 2.75) is 6.92 Å². The van der Waals surface area contributed by atoms with Crippen LogP contribution in [0.3, 0.4) is 0 Å². The highest BCUT2D eigenvalue weighted by atomic mass is 32.1. The minimum Gasteiger partial charge on any atom is -0.506 e. The van der Waals surface area contributed by atoms with Gasteiger partial charge in [0.15, 0.2) is 0 Å². The van der Waals surface area contributed by atoms with Crippen LogP contribution in [0.5, 0.6) is 5.75 Å². The zero-order valence-electron chi connectivity index (χ0n) is 12.4. The van der Waals surface area contributed by atoms with Crippen LogP contribution in [0.4, 0.5) is 15.8 Å². The van der Waals surface area contributed by atoms with Gasteiger partial charge in [-0.05, 0) is 37.3 Å². The Balaban J connectivity index is 1.74. The molecule has 0 radical (unpaired) electrons. The lowest BCUT2D eigenvalue weighted by atomic mass is 10.2. The Labute approximate surface area is 136 Å². The van der Waals surface area contributed by atoms with Crippen molar-refractivity contribution in [1.82, 2.24) is 4.98 Å². The number of benzene rings is 2. The van der Waals surface area contributed by atoms with Crippen LogP contribution in [0.25, 0.3) is 10.2 Å². The number of halogens is 1. The predicted octanol–water partition coefficient (Wildman–Crippen LogP) is 3.50. The second-order valence-electron chi connectivity index (χ2n) is 4.97. The summed E-state index contributed by atoms with van der Waals surface area (Å²) in [7, 11) is 0. The molecule has 4 N–H and O–H groups in total. The fraction of sp³-hybridized carbons (Fsp3) is 0.118. The topological polar surface area (TPSA) is 71.2 Å². The lowest BCUT2D eigenvalue weighted by Gasteiger charge is -2.04. The summed E-state index contributed by atoms with van der Waals surface area (Å²) in [6.07, 6.45) is 0. The van der Waals surface area contributed by atoms with Gasteiger partial charge < -0.3 is 16.2 Å². The molecule has 0 saturated carbocycles. The highest BCUT2D eigenvalue weighted by Gasteiger charge is 2.06. The molecule has 6 heteroatoms. The Bertz CT molecular complexity index is 940. The monoisotopic (exact) mass is 327 g/mol. The zero-order valence-corrected chi connectivity index (χ0v) is 13.2. The van der Waals surface area contributed by atoms with Crippen molar-refractivity contribution in [3.63, 3.8) is 0 Å². The number of aryl methyl sites for hydroxylation is 1. The molecule has 0 aliphatic rings. The van der Waals surface area contributed by atoms with Gasteiger partial charge in [-0.15, -0.1) is 11.3 Å². The van der Waals surface area contributed by atoms with Crippen LogP contribution in [-0.2, 0) is 0 Å². The first-order valence-electron chi connectivity index (χ1n) is 6.91. The van der Waals surface area contributed by atoms with Crippen LogP contribution >= 0.6 is 11.3 Å². The number of aromatic hydroxyl groups is 1. The van der Waals surface area contributed by atoms with Gasteiger partial charge in [-0.3, -0.25) is 0 Å². The van der Waals surface area contributed by atoms with E-state index >= 15 is 0 Å². The van der Waals surface area contributed by atoms with Crippen molar-refractivity contribution in [2.75, 3.05) is 17.6 Å². The maximum Gasteiger partial charge on any atom is 0.148 e. The summed E-state index contributed by atoms with van der Waals surface area (Å²) in [6.45, 7) is 2.17. The number of rotatable bonds is 2. The maximum atomic E-state index is 13.6. The van der Waals surface area contributed by atoms with Gasteiger partial charge in [0.25, 0.3) is 0 Å². The van der Waals surface area contributed by atoms with Crippen LogP contribution in [-0.4, -0.2) is 16.6 Å². The Morgan fingerprint density at radius 3 is 2.96 bits per heavy atom.